The van der Waals surface area contributed by atoms with Gasteiger partial charge in [-0.05, 0) is 62.6 Å². The van der Waals surface area contributed by atoms with Crippen molar-refractivity contribution >= 4 is 23.5 Å². The van der Waals surface area contributed by atoms with Gasteiger partial charge in [-0.25, -0.2) is 8.78 Å². The van der Waals surface area contributed by atoms with Gasteiger partial charge in [0.1, 0.15) is 23.6 Å². The fourth-order valence-corrected chi connectivity index (χ4v) is 3.57. The summed E-state index contributed by atoms with van der Waals surface area (Å²) in [4.78, 5) is 0. The molecule has 1 unspecified atom stereocenters. The van der Waals surface area contributed by atoms with Crippen molar-refractivity contribution in [3.63, 3.8) is 0 Å². The highest BCUT2D eigenvalue weighted by atomic mass is 35.5. The van der Waals surface area contributed by atoms with Crippen LogP contribution in [0.4, 0.5) is 8.78 Å². The summed E-state index contributed by atoms with van der Waals surface area (Å²) in [5.41, 5.74) is 2.91. The third kappa shape index (κ3) is 5.56. The molecule has 0 saturated carbocycles. The Labute approximate surface area is 172 Å². The Morgan fingerprint density at radius 1 is 1.11 bits per heavy atom. The van der Waals surface area contributed by atoms with Crippen molar-refractivity contribution in [2.45, 2.75) is 38.0 Å². The lowest BCUT2D eigenvalue weighted by Crippen LogP contribution is -2.24. The van der Waals surface area contributed by atoms with Gasteiger partial charge >= 0.3 is 0 Å². The number of benzene rings is 2. The van der Waals surface area contributed by atoms with Crippen molar-refractivity contribution in [2.75, 3.05) is 0 Å². The molecule has 1 N–H and O–H groups in total. The van der Waals surface area contributed by atoms with Crippen LogP contribution in [0.2, 0.25) is 5.02 Å². The number of nitrogens with one attached hydrogen (secondary N) is 1. The summed E-state index contributed by atoms with van der Waals surface area (Å²) in [6.07, 6.45) is 1.92. The van der Waals surface area contributed by atoms with Gasteiger partial charge in [0.05, 0.1) is 6.04 Å². The normalized spacial score (nSPS) is 12.9. The Morgan fingerprint density at radius 3 is 2.36 bits per heavy atom. The van der Waals surface area contributed by atoms with Gasteiger partial charge in [0.15, 0.2) is 0 Å². The van der Waals surface area contributed by atoms with Crippen molar-refractivity contribution in [3.8, 4) is 11.1 Å². The lowest BCUT2D eigenvalue weighted by atomic mass is 9.98. The van der Waals surface area contributed by atoms with Gasteiger partial charge in [0, 0.05) is 21.4 Å². The van der Waals surface area contributed by atoms with Crippen molar-refractivity contribution in [3.05, 3.63) is 76.6 Å². The van der Waals surface area contributed by atoms with E-state index < -0.39 is 11.6 Å². The summed E-state index contributed by atoms with van der Waals surface area (Å²) in [5, 5.41) is 4.82. The SMILES string of the molecule is CC(C)(C)SNC(Cc1cc(F)cc(F)c1)c1nocc1-c1ccc(Cl)cc1. The zero-order chi connectivity index (χ0) is 20.3. The van der Waals surface area contributed by atoms with Crippen LogP contribution in [0.3, 0.4) is 0 Å². The summed E-state index contributed by atoms with van der Waals surface area (Å²) in [7, 11) is 0. The van der Waals surface area contributed by atoms with Crippen LogP contribution in [0.15, 0.2) is 53.3 Å². The Hall–Kier alpha value is -1.89. The van der Waals surface area contributed by atoms with Crippen LogP contribution >= 0.6 is 23.5 Å². The van der Waals surface area contributed by atoms with Gasteiger partial charge < -0.3 is 4.52 Å². The molecule has 0 saturated heterocycles. The Kier molecular flexibility index (Phi) is 6.43. The molecule has 1 aromatic heterocycles. The predicted molar refractivity (Wildman–Crippen MR) is 110 cm³/mol. The first-order chi connectivity index (χ1) is 13.2. The molecule has 0 aliphatic heterocycles. The summed E-state index contributed by atoms with van der Waals surface area (Å²) in [6, 6.07) is 10.6. The molecular formula is C21H21ClF2N2OS. The van der Waals surface area contributed by atoms with Gasteiger partial charge in [-0.2, -0.15) is 0 Å². The number of nitrogens with zero attached hydrogens (tertiary/aromatic N) is 1. The van der Waals surface area contributed by atoms with E-state index in [4.69, 9.17) is 16.1 Å². The maximum absolute atomic E-state index is 13.7. The van der Waals surface area contributed by atoms with Gasteiger partial charge in [-0.1, -0.05) is 40.8 Å². The molecule has 3 aromatic rings. The van der Waals surface area contributed by atoms with Crippen molar-refractivity contribution in [1.82, 2.24) is 9.88 Å². The summed E-state index contributed by atoms with van der Waals surface area (Å²) < 4.78 is 35.9. The van der Waals surface area contributed by atoms with Gasteiger partial charge in [0.2, 0.25) is 0 Å². The second kappa shape index (κ2) is 8.64. The average molecular weight is 423 g/mol. The summed E-state index contributed by atoms with van der Waals surface area (Å²) in [6.45, 7) is 6.23. The molecule has 1 atom stereocenters. The van der Waals surface area contributed by atoms with Crippen LogP contribution < -0.4 is 4.72 Å². The highest BCUT2D eigenvalue weighted by Gasteiger charge is 2.24. The summed E-state index contributed by atoms with van der Waals surface area (Å²) in [5.74, 6) is -1.20. The highest BCUT2D eigenvalue weighted by Crippen LogP contribution is 2.33. The molecular weight excluding hydrogens is 402 g/mol. The number of rotatable bonds is 6. The Morgan fingerprint density at radius 2 is 1.75 bits per heavy atom. The van der Waals surface area contributed by atoms with E-state index in [1.807, 2.05) is 12.1 Å². The standard InChI is InChI=1S/C21H21ClF2N2OS/c1-21(2,3)28-26-19(10-13-8-16(23)11-17(24)9-13)20-18(12-27-25-20)14-4-6-15(22)7-5-14/h4-9,11-12,19,26H,10H2,1-3H3. The molecule has 0 aliphatic carbocycles. The fourth-order valence-electron chi connectivity index (χ4n) is 2.75. The first kappa shape index (κ1) is 20.8. The first-order valence-corrected chi connectivity index (χ1v) is 9.99. The molecule has 3 rings (SSSR count). The van der Waals surface area contributed by atoms with Gasteiger partial charge in [-0.3, -0.25) is 4.72 Å². The molecule has 0 bridgehead atoms. The molecule has 3 nitrogen and oxygen atoms in total. The largest absolute Gasteiger partial charge is 0.364 e. The molecule has 28 heavy (non-hydrogen) atoms. The second-order valence-electron chi connectivity index (χ2n) is 7.49. The van der Waals surface area contributed by atoms with Crippen molar-refractivity contribution < 1.29 is 13.3 Å². The van der Waals surface area contributed by atoms with Crippen LogP contribution in [-0.4, -0.2) is 9.90 Å². The van der Waals surface area contributed by atoms with Crippen LogP contribution in [0.1, 0.15) is 38.1 Å². The Bertz CT molecular complexity index is 918. The maximum atomic E-state index is 13.7. The molecule has 0 radical (unpaired) electrons. The number of hydrogen-bond acceptors (Lipinski definition) is 4. The van der Waals surface area contributed by atoms with E-state index in [1.54, 1.807) is 18.4 Å². The first-order valence-electron chi connectivity index (χ1n) is 8.80. The van der Waals surface area contributed by atoms with Crippen molar-refractivity contribution in [1.29, 1.82) is 0 Å². The molecule has 0 aliphatic rings. The molecule has 7 heteroatoms. The second-order valence-corrected chi connectivity index (χ2v) is 9.59. The molecule has 0 spiro atoms. The van der Waals surface area contributed by atoms with Gasteiger partial charge in [-0.15, -0.1) is 0 Å². The van der Waals surface area contributed by atoms with E-state index in [2.05, 4.69) is 30.6 Å². The quantitative estimate of drug-likeness (QED) is 0.454. The molecule has 0 amide bonds. The lowest BCUT2D eigenvalue weighted by molar-refractivity contribution is 0.402. The number of aromatic nitrogens is 1. The summed E-state index contributed by atoms with van der Waals surface area (Å²) >= 11 is 7.52. The fraction of sp³-hybridized carbons (Fsp3) is 0.286. The van der Waals surface area contributed by atoms with Crippen LogP contribution in [0, 0.1) is 11.6 Å². The zero-order valence-corrected chi connectivity index (χ0v) is 17.4. The van der Waals surface area contributed by atoms with E-state index in [1.165, 1.54) is 24.1 Å². The van der Waals surface area contributed by atoms with Gasteiger partial charge in [0.25, 0.3) is 0 Å². The van der Waals surface area contributed by atoms with E-state index in [0.717, 1.165) is 17.2 Å². The third-order valence-corrected chi connectivity index (χ3v) is 5.22. The molecule has 0 fully saturated rings. The predicted octanol–water partition coefficient (Wildman–Crippen LogP) is 6.59. The van der Waals surface area contributed by atoms with Crippen LogP contribution in [-0.2, 0) is 6.42 Å². The minimum absolute atomic E-state index is 0.0599. The topological polar surface area (TPSA) is 38.1 Å². The molecule has 148 valence electrons. The van der Waals surface area contributed by atoms with E-state index in [9.17, 15) is 8.78 Å². The smallest absolute Gasteiger partial charge is 0.131 e. The molecule has 2 aromatic carbocycles. The lowest BCUT2D eigenvalue weighted by Gasteiger charge is -2.24. The average Bonchev–Trinajstić information content (AvgIpc) is 3.07. The number of hydrogen-bond donors (Lipinski definition) is 1. The highest BCUT2D eigenvalue weighted by molar-refractivity contribution is 7.98. The van der Waals surface area contributed by atoms with E-state index in [-0.39, 0.29) is 10.8 Å². The minimum Gasteiger partial charge on any atom is -0.364 e. The monoisotopic (exact) mass is 422 g/mol. The minimum atomic E-state index is -0.602. The number of halogens is 3. The third-order valence-electron chi connectivity index (χ3n) is 3.95. The van der Waals surface area contributed by atoms with E-state index in [0.29, 0.717) is 22.7 Å². The molecule has 1 heterocycles. The van der Waals surface area contributed by atoms with Crippen LogP contribution in [0.25, 0.3) is 11.1 Å². The Balaban J connectivity index is 1.95. The van der Waals surface area contributed by atoms with E-state index >= 15 is 0 Å². The zero-order valence-electron chi connectivity index (χ0n) is 15.8. The van der Waals surface area contributed by atoms with Crippen LogP contribution in [0.5, 0.6) is 0 Å². The van der Waals surface area contributed by atoms with Crippen molar-refractivity contribution in [2.24, 2.45) is 0 Å². The maximum Gasteiger partial charge on any atom is 0.131 e.